The molecule has 1 saturated heterocycles. The van der Waals surface area contributed by atoms with E-state index in [1.54, 1.807) is 18.2 Å². The summed E-state index contributed by atoms with van der Waals surface area (Å²) in [6.07, 6.45) is 0.838. The highest BCUT2D eigenvalue weighted by atomic mass is 35.5. The highest BCUT2D eigenvalue weighted by molar-refractivity contribution is 7.88. The molecule has 1 aromatic rings. The second-order valence-corrected chi connectivity index (χ2v) is 8.87. The van der Waals surface area contributed by atoms with Crippen molar-refractivity contribution in [1.29, 1.82) is 0 Å². The molecule has 1 unspecified atom stereocenters. The van der Waals surface area contributed by atoms with Crippen molar-refractivity contribution >= 4 is 50.8 Å². The molecule has 1 heterocycles. The van der Waals surface area contributed by atoms with Crippen LogP contribution in [0.3, 0.4) is 0 Å². The van der Waals surface area contributed by atoms with Gasteiger partial charge in [0, 0.05) is 13.1 Å². The summed E-state index contributed by atoms with van der Waals surface area (Å²) in [6.45, 7) is 1.98. The van der Waals surface area contributed by atoms with Crippen molar-refractivity contribution in [3.05, 3.63) is 28.2 Å². The quantitative estimate of drug-likeness (QED) is 0.735. The van der Waals surface area contributed by atoms with Crippen LogP contribution in [0.25, 0.3) is 0 Å². The first-order valence-corrected chi connectivity index (χ1v) is 10.6. The molecule has 2 rings (SSSR count). The molecule has 10 heteroatoms. The van der Waals surface area contributed by atoms with Gasteiger partial charge in [0.05, 0.1) is 27.9 Å². The van der Waals surface area contributed by atoms with Crippen LogP contribution in [0, 0.1) is 5.92 Å². The zero-order chi connectivity index (χ0) is 19.5. The molecule has 144 valence electrons. The Labute approximate surface area is 162 Å². The average Bonchev–Trinajstić information content (AvgIpc) is 2.58. The number of halogens is 2. The third kappa shape index (κ3) is 5.33. The number of hydrogen-bond donors (Lipinski definition) is 1. The van der Waals surface area contributed by atoms with E-state index < -0.39 is 33.9 Å². The van der Waals surface area contributed by atoms with E-state index in [0.29, 0.717) is 23.6 Å². The van der Waals surface area contributed by atoms with Crippen LogP contribution in [0.1, 0.15) is 19.8 Å². The number of ether oxygens (including phenoxy) is 1. The maximum absolute atomic E-state index is 12.2. The fourth-order valence-corrected chi connectivity index (χ4v) is 3.80. The molecule has 1 atom stereocenters. The van der Waals surface area contributed by atoms with Crippen molar-refractivity contribution in [2.45, 2.75) is 25.9 Å². The normalized spacial score (nSPS) is 17.5. The molecule has 1 fully saturated rings. The van der Waals surface area contributed by atoms with Gasteiger partial charge in [-0.25, -0.2) is 12.7 Å². The van der Waals surface area contributed by atoms with Crippen LogP contribution in [0.4, 0.5) is 5.69 Å². The van der Waals surface area contributed by atoms with Crippen molar-refractivity contribution in [1.82, 2.24) is 4.31 Å². The molecule has 1 aromatic carbocycles. The number of piperidine rings is 1. The number of hydrogen-bond acceptors (Lipinski definition) is 5. The number of nitrogens with one attached hydrogen (secondary N) is 1. The van der Waals surface area contributed by atoms with Crippen molar-refractivity contribution in [3.8, 4) is 0 Å². The predicted octanol–water partition coefficient (Wildman–Crippen LogP) is 2.54. The van der Waals surface area contributed by atoms with Crippen molar-refractivity contribution in [2.75, 3.05) is 24.7 Å². The number of amides is 1. The van der Waals surface area contributed by atoms with E-state index in [9.17, 15) is 18.0 Å². The number of nitrogens with zero attached hydrogens (tertiary/aromatic N) is 1. The summed E-state index contributed by atoms with van der Waals surface area (Å²) in [5.41, 5.74) is 0.327. The van der Waals surface area contributed by atoms with E-state index in [1.165, 1.54) is 11.2 Å². The van der Waals surface area contributed by atoms with Crippen LogP contribution in [-0.2, 0) is 24.3 Å². The Kier molecular flexibility index (Phi) is 6.90. The van der Waals surface area contributed by atoms with Crippen LogP contribution < -0.4 is 5.32 Å². The van der Waals surface area contributed by atoms with Gasteiger partial charge in [-0.2, -0.15) is 0 Å². The fraction of sp³-hybridized carbons (Fsp3) is 0.500. The van der Waals surface area contributed by atoms with Gasteiger partial charge in [0.15, 0.2) is 6.10 Å². The van der Waals surface area contributed by atoms with Crippen LogP contribution in [-0.4, -0.2) is 50.0 Å². The average molecular weight is 423 g/mol. The summed E-state index contributed by atoms with van der Waals surface area (Å²) in [5, 5.41) is 3.07. The smallest absolute Gasteiger partial charge is 0.309 e. The lowest BCUT2D eigenvalue weighted by molar-refractivity contribution is -0.158. The lowest BCUT2D eigenvalue weighted by atomic mass is 9.98. The monoisotopic (exact) mass is 422 g/mol. The summed E-state index contributed by atoms with van der Waals surface area (Å²) in [5.74, 6) is -1.48. The minimum absolute atomic E-state index is 0.203. The van der Waals surface area contributed by atoms with Crippen molar-refractivity contribution in [2.24, 2.45) is 5.92 Å². The molecule has 0 saturated carbocycles. The first-order chi connectivity index (χ1) is 12.1. The standard InChI is InChI=1S/C16H20Cl2N2O5S/c1-10(15(21)19-13-5-3-4-12(17)14(13)18)25-16(22)11-6-8-20(9-7-11)26(2,23)24/h3-5,10-11H,6-9H2,1-2H3,(H,19,21). The maximum atomic E-state index is 12.2. The summed E-state index contributed by atoms with van der Waals surface area (Å²) >= 11 is 11.9. The number of benzene rings is 1. The fourth-order valence-electron chi connectivity index (χ4n) is 2.58. The Morgan fingerprint density at radius 2 is 1.88 bits per heavy atom. The maximum Gasteiger partial charge on any atom is 0.309 e. The number of sulfonamides is 1. The molecular weight excluding hydrogens is 403 g/mol. The highest BCUT2D eigenvalue weighted by Crippen LogP contribution is 2.29. The van der Waals surface area contributed by atoms with Gasteiger partial charge in [-0.15, -0.1) is 0 Å². The topological polar surface area (TPSA) is 92.8 Å². The van der Waals surface area contributed by atoms with Crippen LogP contribution in [0.15, 0.2) is 18.2 Å². The van der Waals surface area contributed by atoms with E-state index >= 15 is 0 Å². The molecule has 0 aromatic heterocycles. The molecule has 1 amide bonds. The van der Waals surface area contributed by atoms with E-state index in [2.05, 4.69) is 5.32 Å². The molecule has 0 bridgehead atoms. The molecule has 0 aliphatic carbocycles. The predicted molar refractivity (Wildman–Crippen MR) is 99.8 cm³/mol. The van der Waals surface area contributed by atoms with Crippen molar-refractivity contribution in [3.63, 3.8) is 0 Å². The molecule has 1 aliphatic rings. The van der Waals surface area contributed by atoms with Gasteiger partial charge in [-0.1, -0.05) is 29.3 Å². The van der Waals surface area contributed by atoms with E-state index in [-0.39, 0.29) is 18.1 Å². The Bertz CT molecular complexity index is 792. The first kappa shape index (κ1) is 21.0. The third-order valence-corrected chi connectivity index (χ3v) is 6.25. The zero-order valence-corrected chi connectivity index (χ0v) is 16.7. The Balaban J connectivity index is 1.89. The van der Waals surface area contributed by atoms with Crippen LogP contribution in [0.5, 0.6) is 0 Å². The van der Waals surface area contributed by atoms with Gasteiger partial charge < -0.3 is 10.1 Å². The molecule has 1 N–H and O–H groups in total. The van der Waals surface area contributed by atoms with Crippen LogP contribution >= 0.6 is 23.2 Å². The largest absolute Gasteiger partial charge is 0.452 e. The minimum atomic E-state index is -3.26. The number of esters is 1. The molecule has 7 nitrogen and oxygen atoms in total. The molecule has 0 spiro atoms. The summed E-state index contributed by atoms with van der Waals surface area (Å²) < 4.78 is 29.5. The second-order valence-electron chi connectivity index (χ2n) is 6.11. The number of rotatable bonds is 5. The molecular formula is C16H20Cl2N2O5S. The number of anilines is 1. The van der Waals surface area contributed by atoms with Gasteiger partial charge in [-0.3, -0.25) is 9.59 Å². The summed E-state index contributed by atoms with van der Waals surface area (Å²) in [4.78, 5) is 24.4. The second kappa shape index (κ2) is 8.56. The lowest BCUT2D eigenvalue weighted by Gasteiger charge is -2.29. The zero-order valence-electron chi connectivity index (χ0n) is 14.4. The summed E-state index contributed by atoms with van der Waals surface area (Å²) in [6, 6.07) is 4.81. The van der Waals surface area contributed by atoms with Gasteiger partial charge in [0.2, 0.25) is 10.0 Å². The van der Waals surface area contributed by atoms with Crippen molar-refractivity contribution < 1.29 is 22.7 Å². The summed E-state index contributed by atoms with van der Waals surface area (Å²) in [7, 11) is -3.26. The molecule has 1 aliphatic heterocycles. The Morgan fingerprint density at radius 1 is 1.27 bits per heavy atom. The van der Waals surface area contributed by atoms with Gasteiger partial charge in [0.25, 0.3) is 5.91 Å². The Morgan fingerprint density at radius 3 is 2.46 bits per heavy atom. The van der Waals surface area contributed by atoms with Gasteiger partial charge in [-0.05, 0) is 31.9 Å². The SMILES string of the molecule is CC(OC(=O)C1CCN(S(C)(=O)=O)CC1)C(=O)Nc1cccc(Cl)c1Cl. The number of carbonyl (C=O) groups excluding carboxylic acids is 2. The van der Waals surface area contributed by atoms with E-state index in [4.69, 9.17) is 27.9 Å². The Hall–Kier alpha value is -1.35. The highest BCUT2D eigenvalue weighted by Gasteiger charge is 2.31. The van der Waals surface area contributed by atoms with Crippen LogP contribution in [0.2, 0.25) is 10.0 Å². The minimum Gasteiger partial charge on any atom is -0.452 e. The van der Waals surface area contributed by atoms with E-state index in [0.717, 1.165) is 6.26 Å². The molecule has 0 radical (unpaired) electrons. The third-order valence-electron chi connectivity index (χ3n) is 4.13. The number of carbonyl (C=O) groups is 2. The lowest BCUT2D eigenvalue weighted by Crippen LogP contribution is -2.41. The van der Waals surface area contributed by atoms with Gasteiger partial charge >= 0.3 is 5.97 Å². The van der Waals surface area contributed by atoms with Gasteiger partial charge in [0.1, 0.15) is 0 Å². The first-order valence-electron chi connectivity index (χ1n) is 8.00. The van der Waals surface area contributed by atoms with E-state index in [1.807, 2.05) is 0 Å². The molecule has 26 heavy (non-hydrogen) atoms.